The van der Waals surface area contributed by atoms with Crippen molar-refractivity contribution in [2.24, 2.45) is 5.92 Å². The second-order valence-electron chi connectivity index (χ2n) is 2.79. The van der Waals surface area contributed by atoms with Crippen LogP contribution in [0.4, 0.5) is 0 Å². The zero-order valence-corrected chi connectivity index (χ0v) is 5.84. The van der Waals surface area contributed by atoms with Crippen molar-refractivity contribution in [3.63, 3.8) is 0 Å². The van der Waals surface area contributed by atoms with Gasteiger partial charge in [0.2, 0.25) is 0 Å². The molecule has 0 aromatic heterocycles. The van der Waals surface area contributed by atoms with Crippen molar-refractivity contribution in [2.45, 2.75) is 25.4 Å². The summed E-state index contributed by atoms with van der Waals surface area (Å²) in [7, 11) is 1.71. The number of aliphatic hydroxyl groups is 1. The average molecular weight is 130 g/mol. The molecule has 2 atom stereocenters. The highest BCUT2D eigenvalue weighted by Gasteiger charge is 2.21. The molecule has 2 nitrogen and oxygen atoms in total. The third kappa shape index (κ3) is 1.95. The maximum Gasteiger partial charge on any atom is 0.0543 e. The Morgan fingerprint density at radius 2 is 2.33 bits per heavy atom. The van der Waals surface area contributed by atoms with Crippen molar-refractivity contribution in [2.75, 3.05) is 13.7 Å². The molecule has 0 saturated heterocycles. The summed E-state index contributed by atoms with van der Waals surface area (Å²) < 4.78 is 4.96. The number of ether oxygens (including phenoxy) is 1. The first-order chi connectivity index (χ1) is 4.33. The Hall–Kier alpha value is -0.0800. The van der Waals surface area contributed by atoms with Crippen LogP contribution in [-0.4, -0.2) is 24.9 Å². The summed E-state index contributed by atoms with van der Waals surface area (Å²) in [5, 5.41) is 9.07. The van der Waals surface area contributed by atoms with Gasteiger partial charge in [-0.25, -0.2) is 0 Å². The van der Waals surface area contributed by atoms with Gasteiger partial charge in [0, 0.05) is 13.7 Å². The van der Waals surface area contributed by atoms with Crippen LogP contribution in [0.2, 0.25) is 0 Å². The minimum Gasteiger partial charge on any atom is -0.393 e. The van der Waals surface area contributed by atoms with Gasteiger partial charge in [-0.2, -0.15) is 0 Å². The Bertz CT molecular complexity index is 81.0. The largest absolute Gasteiger partial charge is 0.393 e. The molecular weight excluding hydrogens is 116 g/mol. The molecule has 1 saturated carbocycles. The van der Waals surface area contributed by atoms with Crippen LogP contribution in [0.15, 0.2) is 0 Å². The third-order valence-corrected chi connectivity index (χ3v) is 1.92. The highest BCUT2D eigenvalue weighted by molar-refractivity contribution is 4.73. The maximum atomic E-state index is 9.07. The molecule has 0 heterocycles. The van der Waals surface area contributed by atoms with Gasteiger partial charge >= 0.3 is 0 Å². The van der Waals surface area contributed by atoms with E-state index >= 15 is 0 Å². The van der Waals surface area contributed by atoms with Gasteiger partial charge in [0.25, 0.3) is 0 Å². The molecule has 0 aromatic rings. The van der Waals surface area contributed by atoms with E-state index in [1.54, 1.807) is 7.11 Å². The molecule has 1 aliphatic rings. The van der Waals surface area contributed by atoms with Crippen LogP contribution in [0.25, 0.3) is 0 Å². The van der Waals surface area contributed by atoms with E-state index in [0.717, 1.165) is 25.9 Å². The van der Waals surface area contributed by atoms with Crippen LogP contribution >= 0.6 is 0 Å². The molecule has 0 radical (unpaired) electrons. The van der Waals surface area contributed by atoms with Gasteiger partial charge in [0.05, 0.1) is 6.10 Å². The molecule has 1 aliphatic carbocycles. The molecule has 2 heteroatoms. The van der Waals surface area contributed by atoms with Crippen LogP contribution in [-0.2, 0) is 4.74 Å². The molecule has 0 amide bonds. The quantitative estimate of drug-likeness (QED) is 0.599. The number of rotatable bonds is 2. The van der Waals surface area contributed by atoms with Crippen molar-refractivity contribution >= 4 is 0 Å². The van der Waals surface area contributed by atoms with Gasteiger partial charge in [-0.1, -0.05) is 0 Å². The molecular formula is C7H14O2. The molecule has 1 N–H and O–H groups in total. The number of aliphatic hydroxyl groups excluding tert-OH is 1. The minimum atomic E-state index is -0.0508. The summed E-state index contributed by atoms with van der Waals surface area (Å²) in [5.41, 5.74) is 0. The summed E-state index contributed by atoms with van der Waals surface area (Å²) in [6.07, 6.45) is 2.99. The Labute approximate surface area is 55.8 Å². The van der Waals surface area contributed by atoms with Crippen LogP contribution in [0, 0.1) is 5.92 Å². The Morgan fingerprint density at radius 3 is 2.78 bits per heavy atom. The normalized spacial score (nSPS) is 35.3. The number of methoxy groups -OCH3 is 1. The van der Waals surface area contributed by atoms with Crippen molar-refractivity contribution in [3.8, 4) is 0 Å². The van der Waals surface area contributed by atoms with E-state index in [1.807, 2.05) is 0 Å². The summed E-state index contributed by atoms with van der Waals surface area (Å²) in [6.45, 7) is 0.817. The monoisotopic (exact) mass is 130 g/mol. The van der Waals surface area contributed by atoms with Crippen molar-refractivity contribution in [1.29, 1.82) is 0 Å². The topological polar surface area (TPSA) is 29.5 Å². The summed E-state index contributed by atoms with van der Waals surface area (Å²) in [4.78, 5) is 0. The molecule has 2 unspecified atom stereocenters. The van der Waals surface area contributed by atoms with Crippen LogP contribution in [0.1, 0.15) is 19.3 Å². The van der Waals surface area contributed by atoms with Crippen LogP contribution in [0.5, 0.6) is 0 Å². The minimum absolute atomic E-state index is 0.0508. The lowest BCUT2D eigenvalue weighted by Gasteiger charge is -2.05. The lowest BCUT2D eigenvalue weighted by Crippen LogP contribution is -2.05. The number of hydrogen-bond donors (Lipinski definition) is 1. The molecule has 1 fully saturated rings. The fourth-order valence-corrected chi connectivity index (χ4v) is 1.44. The van der Waals surface area contributed by atoms with Crippen LogP contribution < -0.4 is 0 Å². The fourth-order valence-electron chi connectivity index (χ4n) is 1.44. The van der Waals surface area contributed by atoms with Crippen molar-refractivity contribution in [3.05, 3.63) is 0 Å². The summed E-state index contributed by atoms with van der Waals surface area (Å²) in [5.74, 6) is 0.616. The lowest BCUT2D eigenvalue weighted by molar-refractivity contribution is 0.135. The molecule has 9 heavy (non-hydrogen) atoms. The first-order valence-corrected chi connectivity index (χ1v) is 3.50. The van der Waals surface area contributed by atoms with E-state index in [-0.39, 0.29) is 6.10 Å². The first kappa shape index (κ1) is 7.03. The van der Waals surface area contributed by atoms with Gasteiger partial charge in [0.15, 0.2) is 0 Å². The highest BCUT2D eigenvalue weighted by Crippen LogP contribution is 2.24. The molecule has 0 spiro atoms. The molecule has 1 rings (SSSR count). The third-order valence-electron chi connectivity index (χ3n) is 1.92. The molecule has 54 valence electrons. The first-order valence-electron chi connectivity index (χ1n) is 3.50. The van der Waals surface area contributed by atoms with E-state index in [2.05, 4.69) is 0 Å². The Kier molecular flexibility index (Phi) is 2.49. The SMILES string of the molecule is COCC1CCC(O)C1. The zero-order valence-electron chi connectivity index (χ0n) is 5.84. The second kappa shape index (κ2) is 3.18. The van der Waals surface area contributed by atoms with Crippen molar-refractivity contribution in [1.82, 2.24) is 0 Å². The highest BCUT2D eigenvalue weighted by atomic mass is 16.5. The van der Waals surface area contributed by atoms with Gasteiger partial charge < -0.3 is 9.84 Å². The molecule has 0 aromatic carbocycles. The Balaban J connectivity index is 2.14. The standard InChI is InChI=1S/C7H14O2/c1-9-5-6-2-3-7(8)4-6/h6-8H,2-5H2,1H3. The van der Waals surface area contributed by atoms with Gasteiger partial charge in [-0.15, -0.1) is 0 Å². The van der Waals surface area contributed by atoms with Gasteiger partial charge in [0.1, 0.15) is 0 Å². The van der Waals surface area contributed by atoms with Crippen LogP contribution in [0.3, 0.4) is 0 Å². The van der Waals surface area contributed by atoms with E-state index in [0.29, 0.717) is 5.92 Å². The predicted molar refractivity (Wildman–Crippen MR) is 35.2 cm³/mol. The molecule has 0 bridgehead atoms. The van der Waals surface area contributed by atoms with Crippen molar-refractivity contribution < 1.29 is 9.84 Å². The van der Waals surface area contributed by atoms with Gasteiger partial charge in [-0.05, 0) is 25.2 Å². The number of hydrogen-bond acceptors (Lipinski definition) is 2. The van der Waals surface area contributed by atoms with E-state index < -0.39 is 0 Å². The summed E-state index contributed by atoms with van der Waals surface area (Å²) >= 11 is 0. The van der Waals surface area contributed by atoms with E-state index in [4.69, 9.17) is 9.84 Å². The van der Waals surface area contributed by atoms with Gasteiger partial charge in [-0.3, -0.25) is 0 Å². The fraction of sp³-hybridized carbons (Fsp3) is 1.00. The lowest BCUT2D eigenvalue weighted by atomic mass is 10.1. The van der Waals surface area contributed by atoms with E-state index in [9.17, 15) is 0 Å². The average Bonchev–Trinajstić information content (AvgIpc) is 2.17. The zero-order chi connectivity index (χ0) is 6.69. The Morgan fingerprint density at radius 1 is 1.56 bits per heavy atom. The molecule has 0 aliphatic heterocycles. The second-order valence-corrected chi connectivity index (χ2v) is 2.79. The van der Waals surface area contributed by atoms with E-state index in [1.165, 1.54) is 0 Å². The summed E-state index contributed by atoms with van der Waals surface area (Å²) in [6, 6.07) is 0. The predicted octanol–water partition coefficient (Wildman–Crippen LogP) is 0.794. The maximum absolute atomic E-state index is 9.07. The smallest absolute Gasteiger partial charge is 0.0543 e.